The lowest BCUT2D eigenvalue weighted by Crippen LogP contribution is -2.09. The summed E-state index contributed by atoms with van der Waals surface area (Å²) >= 11 is 0. The van der Waals surface area contributed by atoms with E-state index in [-0.39, 0.29) is 12.1 Å². The Hall–Kier alpha value is -1.05. The average molecular weight is 168 g/mol. The van der Waals surface area contributed by atoms with Gasteiger partial charge in [-0.15, -0.1) is 0 Å². The first-order valence-electron chi connectivity index (χ1n) is 4.17. The van der Waals surface area contributed by atoms with Crippen molar-refractivity contribution in [3.8, 4) is 0 Å². The lowest BCUT2D eigenvalue weighted by Gasteiger charge is -2.06. The van der Waals surface area contributed by atoms with Crippen LogP contribution in [0.25, 0.3) is 0 Å². The van der Waals surface area contributed by atoms with Crippen molar-refractivity contribution in [2.75, 3.05) is 0 Å². The molecule has 0 bridgehead atoms. The molecule has 0 saturated carbocycles. The zero-order chi connectivity index (χ0) is 9.40. The van der Waals surface area contributed by atoms with Crippen LogP contribution in [0.2, 0.25) is 0 Å². The third-order valence-corrected chi connectivity index (χ3v) is 1.32. The first-order valence-corrected chi connectivity index (χ1v) is 4.17. The summed E-state index contributed by atoms with van der Waals surface area (Å²) in [5.74, 6) is -0.277. The summed E-state index contributed by atoms with van der Waals surface area (Å²) in [6.45, 7) is 7.05. The van der Waals surface area contributed by atoms with Gasteiger partial charge in [-0.25, -0.2) is 0 Å². The van der Waals surface area contributed by atoms with Crippen LogP contribution in [0, 0.1) is 0 Å². The smallest absolute Gasteiger partial charge is 0.303 e. The number of hydrogen-bond acceptors (Lipinski definition) is 2. The number of hydrogen-bond donors (Lipinski definition) is 0. The van der Waals surface area contributed by atoms with Crippen molar-refractivity contribution >= 4 is 5.97 Å². The van der Waals surface area contributed by atoms with Crippen LogP contribution in [0.5, 0.6) is 0 Å². The molecule has 0 aromatic carbocycles. The predicted octanol–water partition coefficient (Wildman–Crippen LogP) is 2.46. The Morgan fingerprint density at radius 2 is 2.33 bits per heavy atom. The number of rotatable bonds is 5. The van der Waals surface area contributed by atoms with Gasteiger partial charge in [0.1, 0.15) is 6.10 Å². The zero-order valence-electron chi connectivity index (χ0n) is 7.75. The van der Waals surface area contributed by atoms with Crippen LogP contribution < -0.4 is 0 Å². The molecule has 0 aromatic heterocycles. The first-order chi connectivity index (χ1) is 5.70. The number of allylic oxidation sites excluding steroid dienone is 1. The predicted molar refractivity (Wildman–Crippen MR) is 49.8 cm³/mol. The number of unbranched alkanes of at least 4 members (excludes halogenated alkanes) is 1. The normalized spacial score (nSPS) is 12.8. The molecule has 12 heavy (non-hydrogen) atoms. The monoisotopic (exact) mass is 168 g/mol. The van der Waals surface area contributed by atoms with Gasteiger partial charge in [-0.2, -0.15) is 0 Å². The molecule has 0 aliphatic heterocycles. The van der Waals surface area contributed by atoms with Crippen molar-refractivity contribution in [2.24, 2.45) is 0 Å². The fourth-order valence-corrected chi connectivity index (χ4v) is 0.755. The maximum absolute atomic E-state index is 10.5. The molecule has 1 atom stereocenters. The maximum Gasteiger partial charge on any atom is 0.303 e. The highest BCUT2D eigenvalue weighted by molar-refractivity contribution is 5.66. The van der Waals surface area contributed by atoms with Crippen molar-refractivity contribution in [2.45, 2.75) is 32.8 Å². The molecule has 2 heteroatoms. The van der Waals surface area contributed by atoms with E-state index in [9.17, 15) is 4.79 Å². The van der Waals surface area contributed by atoms with Gasteiger partial charge in [0, 0.05) is 6.92 Å². The van der Waals surface area contributed by atoms with E-state index in [1.165, 1.54) is 6.92 Å². The summed E-state index contributed by atoms with van der Waals surface area (Å²) in [6, 6.07) is 0. The summed E-state index contributed by atoms with van der Waals surface area (Å²) in [4.78, 5) is 10.5. The number of carbonyl (C=O) groups excluding carboxylic acids is 1. The molecule has 0 amide bonds. The van der Waals surface area contributed by atoms with Gasteiger partial charge in [0.05, 0.1) is 0 Å². The Morgan fingerprint density at radius 1 is 1.67 bits per heavy atom. The van der Waals surface area contributed by atoms with Gasteiger partial charge in [-0.05, 0) is 18.6 Å². The molecule has 0 heterocycles. The van der Waals surface area contributed by atoms with Gasteiger partial charge in [-0.1, -0.05) is 26.0 Å². The molecule has 0 aliphatic rings. The highest BCUT2D eigenvalue weighted by atomic mass is 16.5. The van der Waals surface area contributed by atoms with Crippen LogP contribution in [0.1, 0.15) is 26.7 Å². The van der Waals surface area contributed by atoms with E-state index in [1.54, 1.807) is 6.08 Å². The van der Waals surface area contributed by atoms with E-state index < -0.39 is 0 Å². The first kappa shape index (κ1) is 11.0. The van der Waals surface area contributed by atoms with E-state index in [2.05, 4.69) is 13.5 Å². The molecule has 0 fully saturated rings. The lowest BCUT2D eigenvalue weighted by molar-refractivity contribution is -0.142. The minimum atomic E-state index is -0.277. The van der Waals surface area contributed by atoms with E-state index in [0.717, 1.165) is 12.8 Å². The highest BCUT2D eigenvalue weighted by Crippen LogP contribution is 1.98. The van der Waals surface area contributed by atoms with Crippen LogP contribution in [-0.4, -0.2) is 12.1 Å². The van der Waals surface area contributed by atoms with E-state index in [0.29, 0.717) is 0 Å². The summed E-state index contributed by atoms with van der Waals surface area (Å²) in [7, 11) is 0. The fraction of sp³-hybridized carbons (Fsp3) is 0.500. The average Bonchev–Trinajstić information content (AvgIpc) is 2.02. The SMILES string of the molecule is C=CC(/C=C/CCC)OC(C)=O. The van der Waals surface area contributed by atoms with Gasteiger partial charge in [0.2, 0.25) is 0 Å². The van der Waals surface area contributed by atoms with E-state index >= 15 is 0 Å². The molecule has 0 spiro atoms. The molecule has 0 radical (unpaired) electrons. The van der Waals surface area contributed by atoms with Gasteiger partial charge < -0.3 is 4.74 Å². The second-order valence-electron chi connectivity index (χ2n) is 2.53. The summed E-state index contributed by atoms with van der Waals surface area (Å²) in [5.41, 5.74) is 0. The van der Waals surface area contributed by atoms with Crippen molar-refractivity contribution in [3.63, 3.8) is 0 Å². The van der Waals surface area contributed by atoms with Gasteiger partial charge in [0.25, 0.3) is 0 Å². The Bertz CT molecular complexity index is 171. The number of carbonyl (C=O) groups is 1. The van der Waals surface area contributed by atoms with Crippen molar-refractivity contribution < 1.29 is 9.53 Å². The third-order valence-electron chi connectivity index (χ3n) is 1.32. The van der Waals surface area contributed by atoms with E-state index in [1.807, 2.05) is 12.2 Å². The molecule has 0 aliphatic carbocycles. The Labute approximate surface area is 73.9 Å². The van der Waals surface area contributed by atoms with Crippen molar-refractivity contribution in [3.05, 3.63) is 24.8 Å². The Kier molecular flexibility index (Phi) is 6.07. The van der Waals surface area contributed by atoms with Crippen LogP contribution in [0.15, 0.2) is 24.8 Å². The maximum atomic E-state index is 10.5. The van der Waals surface area contributed by atoms with Crippen LogP contribution in [-0.2, 0) is 9.53 Å². The van der Waals surface area contributed by atoms with Gasteiger partial charge >= 0.3 is 5.97 Å². The molecular formula is C10H16O2. The number of ether oxygens (including phenoxy) is 1. The third kappa shape index (κ3) is 5.71. The molecule has 0 saturated heterocycles. The van der Waals surface area contributed by atoms with E-state index in [4.69, 9.17) is 4.74 Å². The van der Waals surface area contributed by atoms with Crippen molar-refractivity contribution in [1.29, 1.82) is 0 Å². The van der Waals surface area contributed by atoms with Crippen LogP contribution >= 0.6 is 0 Å². The minimum Gasteiger partial charge on any atom is -0.454 e. The van der Waals surface area contributed by atoms with Gasteiger partial charge in [0.15, 0.2) is 0 Å². The lowest BCUT2D eigenvalue weighted by atomic mass is 10.2. The van der Waals surface area contributed by atoms with Crippen LogP contribution in [0.4, 0.5) is 0 Å². The summed E-state index contributed by atoms with van der Waals surface area (Å²) in [5, 5.41) is 0. The fourth-order valence-electron chi connectivity index (χ4n) is 0.755. The molecular weight excluding hydrogens is 152 g/mol. The van der Waals surface area contributed by atoms with Crippen LogP contribution in [0.3, 0.4) is 0 Å². The molecule has 0 N–H and O–H groups in total. The standard InChI is InChI=1S/C10H16O2/c1-4-6-7-8-10(5-2)12-9(3)11/h5,7-8,10H,2,4,6H2,1,3H3/b8-7+. The topological polar surface area (TPSA) is 26.3 Å². The second kappa shape index (κ2) is 6.65. The molecule has 2 nitrogen and oxygen atoms in total. The Balaban J connectivity index is 3.81. The number of esters is 1. The van der Waals surface area contributed by atoms with Gasteiger partial charge in [-0.3, -0.25) is 4.79 Å². The van der Waals surface area contributed by atoms with Crippen molar-refractivity contribution in [1.82, 2.24) is 0 Å². The summed E-state index contributed by atoms with van der Waals surface area (Å²) in [6.07, 6.45) is 7.28. The highest BCUT2D eigenvalue weighted by Gasteiger charge is 2.00. The molecule has 0 rings (SSSR count). The quantitative estimate of drug-likeness (QED) is 0.465. The largest absolute Gasteiger partial charge is 0.454 e. The molecule has 0 aromatic rings. The second-order valence-corrected chi connectivity index (χ2v) is 2.53. The molecule has 1 unspecified atom stereocenters. The minimum absolute atomic E-state index is 0.269. The molecule has 68 valence electrons. The Morgan fingerprint density at radius 3 is 2.75 bits per heavy atom. The summed E-state index contributed by atoms with van der Waals surface area (Å²) < 4.78 is 4.90. The zero-order valence-corrected chi connectivity index (χ0v) is 7.75.